The molecule has 2 aliphatic rings. The van der Waals surface area contributed by atoms with Crippen molar-refractivity contribution in [1.82, 2.24) is 0 Å². The van der Waals surface area contributed by atoms with Crippen LogP contribution >= 0.6 is 0 Å². The third-order valence-electron chi connectivity index (χ3n) is 7.17. The number of carbonyl (C=O) groups excluding carboxylic acids is 1. The number of rotatable bonds is 7. The molecule has 4 heteroatoms. The number of esters is 1. The summed E-state index contributed by atoms with van der Waals surface area (Å²) >= 11 is 0. The van der Waals surface area contributed by atoms with Crippen molar-refractivity contribution in [3.63, 3.8) is 0 Å². The zero-order valence-electron chi connectivity index (χ0n) is 23.5. The Bertz CT molecular complexity index is 1310. The third-order valence-corrected chi connectivity index (χ3v) is 7.17. The van der Waals surface area contributed by atoms with Crippen LogP contribution < -0.4 is 4.90 Å². The van der Waals surface area contributed by atoms with E-state index in [9.17, 15) is 4.79 Å². The van der Waals surface area contributed by atoms with Crippen LogP contribution in [0.5, 0.6) is 0 Å². The van der Waals surface area contributed by atoms with E-state index in [4.69, 9.17) is 4.74 Å². The molecule has 2 aromatic rings. The molecule has 0 amide bonds. The number of carbonyl (C=O) groups is 1. The fraction of sp³-hybridized carbons (Fsp3) is 0.394. The summed E-state index contributed by atoms with van der Waals surface area (Å²) in [6, 6.07) is 14.7. The van der Waals surface area contributed by atoms with Crippen LogP contribution in [0.2, 0.25) is 0 Å². The lowest BCUT2D eigenvalue weighted by molar-refractivity contribution is -0.519. The number of ether oxygens (including phenoxy) is 1. The van der Waals surface area contributed by atoms with E-state index in [-0.39, 0.29) is 5.97 Å². The van der Waals surface area contributed by atoms with E-state index < -0.39 is 5.60 Å². The molecule has 0 saturated heterocycles. The fourth-order valence-corrected chi connectivity index (χ4v) is 5.36. The zero-order chi connectivity index (χ0) is 26.7. The maximum atomic E-state index is 13.3. The summed E-state index contributed by atoms with van der Waals surface area (Å²) in [6.07, 6.45) is 7.67. The van der Waals surface area contributed by atoms with Crippen LogP contribution in [0.3, 0.4) is 0 Å². The molecule has 4 nitrogen and oxygen atoms in total. The quantitative estimate of drug-likeness (QED) is 0.310. The second-order valence-corrected chi connectivity index (χ2v) is 10.6. The highest BCUT2D eigenvalue weighted by Gasteiger charge is 2.30. The summed E-state index contributed by atoms with van der Waals surface area (Å²) in [5.74, 6) is -0.288. The van der Waals surface area contributed by atoms with Gasteiger partial charge < -0.3 is 9.64 Å². The second kappa shape index (κ2) is 10.9. The molecule has 0 aromatic heterocycles. The highest BCUT2D eigenvalue weighted by atomic mass is 16.6. The Balaban J connectivity index is 1.96. The summed E-state index contributed by atoms with van der Waals surface area (Å²) in [6.45, 7) is 18.4. The standard InChI is InChI=1S/C33H41N2O2/c1-8-34(9-2)25-16-18-27-23(21-25)20-24-22-26(35(10-3)11-4)17-19-28(24)31(27)29-14-12-13-15-30(29)32(36)37-33(5,6)7/h12-19,21-22H,8-11,20H2,1-7H3/q+1. The van der Waals surface area contributed by atoms with Crippen LogP contribution in [0.4, 0.5) is 5.69 Å². The van der Waals surface area contributed by atoms with E-state index in [0.29, 0.717) is 5.56 Å². The van der Waals surface area contributed by atoms with Crippen molar-refractivity contribution in [2.75, 3.05) is 31.1 Å². The maximum absolute atomic E-state index is 13.3. The van der Waals surface area contributed by atoms with Gasteiger partial charge in [-0.1, -0.05) is 24.3 Å². The molecule has 2 aromatic carbocycles. The van der Waals surface area contributed by atoms with E-state index in [1.165, 1.54) is 33.7 Å². The van der Waals surface area contributed by atoms with Gasteiger partial charge in [0.15, 0.2) is 5.71 Å². The first-order valence-corrected chi connectivity index (χ1v) is 13.7. The van der Waals surface area contributed by atoms with Gasteiger partial charge in [-0.3, -0.25) is 0 Å². The monoisotopic (exact) mass is 497 g/mol. The largest absolute Gasteiger partial charge is 0.456 e. The van der Waals surface area contributed by atoms with E-state index in [1.807, 2.05) is 39.0 Å². The summed E-state index contributed by atoms with van der Waals surface area (Å²) in [4.78, 5) is 15.7. The molecule has 0 spiro atoms. The summed E-state index contributed by atoms with van der Waals surface area (Å²) in [7, 11) is 0. The third kappa shape index (κ3) is 5.49. The van der Waals surface area contributed by atoms with Crippen molar-refractivity contribution >= 4 is 22.9 Å². The lowest BCUT2D eigenvalue weighted by atomic mass is 9.76. The van der Waals surface area contributed by atoms with Gasteiger partial charge in [0.05, 0.1) is 5.56 Å². The molecular formula is C33H41N2O2+. The van der Waals surface area contributed by atoms with E-state index in [0.717, 1.165) is 43.7 Å². The van der Waals surface area contributed by atoms with Gasteiger partial charge in [0, 0.05) is 30.9 Å². The molecular weight excluding hydrogens is 456 g/mol. The van der Waals surface area contributed by atoms with E-state index in [1.54, 1.807) is 0 Å². The first-order valence-electron chi connectivity index (χ1n) is 13.7. The normalized spacial score (nSPS) is 14.7. The van der Waals surface area contributed by atoms with Gasteiger partial charge in [-0.05, 0) is 113 Å². The molecule has 0 fully saturated rings. The minimum Gasteiger partial charge on any atom is -0.456 e. The first kappa shape index (κ1) is 26.7. The Labute approximate surface area is 222 Å². The molecule has 37 heavy (non-hydrogen) atoms. The molecule has 0 bridgehead atoms. The summed E-state index contributed by atoms with van der Waals surface area (Å²) in [5, 5.41) is 0. The summed E-state index contributed by atoms with van der Waals surface area (Å²) in [5.41, 5.74) is 9.52. The van der Waals surface area contributed by atoms with Crippen molar-refractivity contribution in [3.05, 3.63) is 94.1 Å². The Morgan fingerprint density at radius 3 is 2.30 bits per heavy atom. The second-order valence-electron chi connectivity index (χ2n) is 10.6. The van der Waals surface area contributed by atoms with Crippen LogP contribution in [0.15, 0.2) is 71.8 Å². The van der Waals surface area contributed by atoms with Gasteiger partial charge in [-0.2, -0.15) is 0 Å². The van der Waals surface area contributed by atoms with Gasteiger partial charge in [0.25, 0.3) is 0 Å². The Morgan fingerprint density at radius 2 is 1.65 bits per heavy atom. The number of nitrogens with zero attached hydrogens (tertiary/aromatic N) is 2. The van der Waals surface area contributed by atoms with Crippen LogP contribution in [-0.2, 0) is 11.2 Å². The molecule has 0 atom stereocenters. The van der Waals surface area contributed by atoms with Crippen molar-refractivity contribution < 1.29 is 14.1 Å². The van der Waals surface area contributed by atoms with Gasteiger partial charge in [-0.15, -0.1) is 0 Å². The Kier molecular flexibility index (Phi) is 7.87. The molecule has 0 saturated carbocycles. The van der Waals surface area contributed by atoms with Crippen LogP contribution in [-0.4, -0.2) is 48.0 Å². The number of allylic oxidation sites excluding steroid dienone is 5. The average Bonchev–Trinajstić information content (AvgIpc) is 2.87. The van der Waals surface area contributed by atoms with Crippen LogP contribution in [0, 0.1) is 0 Å². The lowest BCUT2D eigenvalue weighted by Gasteiger charge is -2.30. The van der Waals surface area contributed by atoms with Crippen molar-refractivity contribution in [2.24, 2.45) is 0 Å². The van der Waals surface area contributed by atoms with Gasteiger partial charge in [0.2, 0.25) is 0 Å². The highest BCUT2D eigenvalue weighted by Crippen LogP contribution is 2.43. The minimum absolute atomic E-state index is 0.288. The molecule has 0 unspecified atom stereocenters. The SMILES string of the molecule is CCN(CC)c1ccc2c(c1)CC1=CC(=[N+](CC)CC)C=CC1=C2c1ccccc1C(=O)OC(C)(C)C. The van der Waals surface area contributed by atoms with Crippen LogP contribution in [0.25, 0.3) is 5.57 Å². The van der Waals surface area contributed by atoms with Gasteiger partial charge in [-0.25, -0.2) is 9.37 Å². The van der Waals surface area contributed by atoms with Crippen molar-refractivity contribution in [2.45, 2.75) is 60.5 Å². The smallest absolute Gasteiger partial charge is 0.339 e. The van der Waals surface area contributed by atoms with E-state index >= 15 is 0 Å². The number of anilines is 1. The molecule has 2 aliphatic carbocycles. The predicted molar refractivity (Wildman–Crippen MR) is 155 cm³/mol. The Morgan fingerprint density at radius 1 is 0.946 bits per heavy atom. The van der Waals surface area contributed by atoms with Crippen LogP contribution in [0.1, 0.15) is 75.5 Å². The van der Waals surface area contributed by atoms with Gasteiger partial charge >= 0.3 is 5.97 Å². The topological polar surface area (TPSA) is 32.5 Å². The predicted octanol–water partition coefficient (Wildman–Crippen LogP) is 6.84. The molecule has 0 heterocycles. The zero-order valence-corrected chi connectivity index (χ0v) is 23.5. The Hall–Kier alpha value is -3.40. The molecule has 194 valence electrons. The van der Waals surface area contributed by atoms with Crippen molar-refractivity contribution in [3.8, 4) is 0 Å². The lowest BCUT2D eigenvalue weighted by Crippen LogP contribution is -2.25. The summed E-state index contributed by atoms with van der Waals surface area (Å²) < 4.78 is 8.21. The molecule has 0 aliphatic heterocycles. The van der Waals surface area contributed by atoms with E-state index in [2.05, 4.69) is 79.7 Å². The maximum Gasteiger partial charge on any atom is 0.339 e. The highest BCUT2D eigenvalue weighted by molar-refractivity contribution is 6.07. The fourth-order valence-electron chi connectivity index (χ4n) is 5.36. The molecule has 0 N–H and O–H groups in total. The number of benzene rings is 2. The number of hydrogen-bond donors (Lipinski definition) is 0. The minimum atomic E-state index is -0.561. The first-order chi connectivity index (χ1) is 17.7. The number of hydrogen-bond acceptors (Lipinski definition) is 3. The van der Waals surface area contributed by atoms with Crippen molar-refractivity contribution in [1.29, 1.82) is 0 Å². The molecule has 0 radical (unpaired) electrons. The molecule has 4 rings (SSSR count). The number of fused-ring (bicyclic) bond motifs is 2. The average molecular weight is 498 g/mol. The van der Waals surface area contributed by atoms with Gasteiger partial charge in [0.1, 0.15) is 18.7 Å².